The van der Waals surface area contributed by atoms with Crippen LogP contribution in [0.4, 0.5) is 0 Å². The molecular weight excluding hydrogens is 212 g/mol. The van der Waals surface area contributed by atoms with Crippen LogP contribution in [0, 0.1) is 0 Å². The number of rotatable bonds is 1. The summed E-state index contributed by atoms with van der Waals surface area (Å²) in [6, 6.07) is 0.536. The Hall–Kier alpha value is -0.580. The van der Waals surface area contributed by atoms with E-state index >= 15 is 0 Å². The normalized spacial score (nSPS) is 22.5. The first-order chi connectivity index (χ1) is 7.25. The number of hydrogen-bond acceptors (Lipinski definition) is 3. The van der Waals surface area contributed by atoms with Crippen molar-refractivity contribution >= 4 is 11.6 Å². The summed E-state index contributed by atoms with van der Waals surface area (Å²) in [4.78, 5) is 2.30. The predicted molar refractivity (Wildman–Crippen MR) is 59.2 cm³/mol. The van der Waals surface area contributed by atoms with E-state index in [-0.39, 0.29) is 0 Å². The molecule has 1 aromatic heterocycles. The second-order valence-corrected chi connectivity index (χ2v) is 4.82. The van der Waals surface area contributed by atoms with E-state index in [1.165, 1.54) is 11.3 Å². The molecule has 0 atom stereocenters. The Kier molecular flexibility index (Phi) is 2.23. The Morgan fingerprint density at radius 3 is 3.00 bits per heavy atom. The molecule has 0 spiro atoms. The fraction of sp³-hybridized carbons (Fsp3) is 0.700. The van der Waals surface area contributed by atoms with Gasteiger partial charge >= 0.3 is 0 Å². The van der Waals surface area contributed by atoms with Gasteiger partial charge in [-0.05, 0) is 7.05 Å². The number of likely N-dealkylation sites (N-methyl/N-ethyl adjacent to an activating group) is 1. The van der Waals surface area contributed by atoms with E-state index in [1.54, 1.807) is 0 Å². The summed E-state index contributed by atoms with van der Waals surface area (Å²) in [6.07, 6.45) is 1.05. The minimum Gasteiger partial charge on any atom is -0.312 e. The van der Waals surface area contributed by atoms with Gasteiger partial charge in [-0.2, -0.15) is 5.10 Å². The van der Waals surface area contributed by atoms with Gasteiger partial charge in [-0.25, -0.2) is 0 Å². The topological polar surface area (TPSA) is 33.1 Å². The van der Waals surface area contributed by atoms with Crippen molar-refractivity contribution in [3.05, 3.63) is 16.4 Å². The third kappa shape index (κ3) is 1.48. The van der Waals surface area contributed by atoms with E-state index in [0.29, 0.717) is 11.2 Å². The molecule has 1 saturated heterocycles. The van der Waals surface area contributed by atoms with Crippen LogP contribution in [0.5, 0.6) is 0 Å². The van der Waals surface area contributed by atoms with Gasteiger partial charge in [-0.15, -0.1) is 0 Å². The molecule has 0 bridgehead atoms. The first-order valence-corrected chi connectivity index (χ1v) is 5.78. The van der Waals surface area contributed by atoms with Crippen molar-refractivity contribution in [3.63, 3.8) is 0 Å². The number of halogens is 1. The van der Waals surface area contributed by atoms with E-state index in [1.807, 2.05) is 0 Å². The Morgan fingerprint density at radius 1 is 1.47 bits per heavy atom. The van der Waals surface area contributed by atoms with Crippen LogP contribution in [-0.4, -0.2) is 41.4 Å². The molecule has 0 aliphatic carbocycles. The van der Waals surface area contributed by atoms with Crippen LogP contribution in [0.25, 0.3) is 0 Å². The fourth-order valence-electron chi connectivity index (χ4n) is 2.46. The summed E-state index contributed by atoms with van der Waals surface area (Å²) in [6.45, 7) is 4.10. The molecule has 0 amide bonds. The summed E-state index contributed by atoms with van der Waals surface area (Å²) < 4.78 is 2.15. The van der Waals surface area contributed by atoms with Crippen molar-refractivity contribution in [1.29, 1.82) is 0 Å². The Bertz CT molecular complexity index is 381. The molecular formula is C10H15ClN4. The van der Waals surface area contributed by atoms with Crippen molar-refractivity contribution in [3.8, 4) is 0 Å². The molecule has 4 nitrogen and oxygen atoms in total. The third-order valence-electron chi connectivity index (χ3n) is 3.30. The number of aromatic nitrogens is 2. The Morgan fingerprint density at radius 2 is 2.27 bits per heavy atom. The van der Waals surface area contributed by atoms with Gasteiger partial charge in [0.05, 0.1) is 6.04 Å². The summed E-state index contributed by atoms with van der Waals surface area (Å²) in [5, 5.41) is 8.48. The first kappa shape index (κ1) is 9.63. The minimum atomic E-state index is 0.536. The molecule has 1 aromatic rings. The fourth-order valence-corrected chi connectivity index (χ4v) is 2.71. The van der Waals surface area contributed by atoms with Crippen LogP contribution in [0.2, 0.25) is 5.15 Å². The van der Waals surface area contributed by atoms with Gasteiger partial charge in [0.2, 0.25) is 0 Å². The van der Waals surface area contributed by atoms with Crippen LogP contribution in [0.1, 0.15) is 17.3 Å². The van der Waals surface area contributed by atoms with Crippen LogP contribution in [0.15, 0.2) is 0 Å². The molecule has 0 unspecified atom stereocenters. The number of likely N-dealkylation sites (tertiary alicyclic amines) is 1. The second-order valence-electron chi connectivity index (χ2n) is 4.46. The summed E-state index contributed by atoms with van der Waals surface area (Å²) in [5.74, 6) is 0. The first-order valence-electron chi connectivity index (χ1n) is 5.40. The zero-order valence-electron chi connectivity index (χ0n) is 8.83. The maximum atomic E-state index is 6.14. The Balaban J connectivity index is 1.94. The molecule has 15 heavy (non-hydrogen) atoms. The SMILES string of the molecule is CN1CC(n2nc(Cl)c3c2CCNC3)C1. The van der Waals surface area contributed by atoms with E-state index in [2.05, 4.69) is 27.0 Å². The quantitative estimate of drug-likeness (QED) is 0.764. The molecule has 0 aromatic carbocycles. The number of hydrogen-bond donors (Lipinski definition) is 1. The molecule has 3 heterocycles. The van der Waals surface area contributed by atoms with Gasteiger partial charge in [0.25, 0.3) is 0 Å². The van der Waals surface area contributed by atoms with Gasteiger partial charge in [-0.3, -0.25) is 4.68 Å². The van der Waals surface area contributed by atoms with E-state index in [9.17, 15) is 0 Å². The highest BCUT2D eigenvalue weighted by atomic mass is 35.5. The van der Waals surface area contributed by atoms with E-state index in [4.69, 9.17) is 11.6 Å². The van der Waals surface area contributed by atoms with Crippen molar-refractivity contribution < 1.29 is 0 Å². The third-order valence-corrected chi connectivity index (χ3v) is 3.60. The summed E-state index contributed by atoms with van der Waals surface area (Å²) in [7, 11) is 2.13. The second kappa shape index (κ2) is 3.47. The number of nitrogens with zero attached hydrogens (tertiary/aromatic N) is 3. The van der Waals surface area contributed by atoms with Gasteiger partial charge in [0.1, 0.15) is 0 Å². The number of nitrogens with one attached hydrogen (secondary N) is 1. The molecule has 0 radical (unpaired) electrons. The largest absolute Gasteiger partial charge is 0.312 e. The monoisotopic (exact) mass is 226 g/mol. The minimum absolute atomic E-state index is 0.536. The maximum Gasteiger partial charge on any atom is 0.155 e. The van der Waals surface area contributed by atoms with E-state index in [0.717, 1.165) is 32.6 Å². The summed E-state index contributed by atoms with van der Waals surface area (Å²) >= 11 is 6.14. The van der Waals surface area contributed by atoms with Gasteiger partial charge in [-0.1, -0.05) is 11.6 Å². The highest BCUT2D eigenvalue weighted by Crippen LogP contribution is 2.28. The molecule has 0 saturated carbocycles. The smallest absolute Gasteiger partial charge is 0.155 e. The van der Waals surface area contributed by atoms with E-state index < -0.39 is 0 Å². The van der Waals surface area contributed by atoms with Crippen molar-refractivity contribution in [1.82, 2.24) is 20.0 Å². The Labute approximate surface area is 94.2 Å². The molecule has 82 valence electrons. The summed E-state index contributed by atoms with van der Waals surface area (Å²) in [5.41, 5.74) is 2.55. The van der Waals surface area contributed by atoms with Crippen LogP contribution < -0.4 is 5.32 Å². The highest BCUT2D eigenvalue weighted by Gasteiger charge is 2.30. The maximum absolute atomic E-state index is 6.14. The van der Waals surface area contributed by atoms with Crippen molar-refractivity contribution in [2.45, 2.75) is 19.0 Å². The average molecular weight is 227 g/mol. The lowest BCUT2D eigenvalue weighted by molar-refractivity contribution is 0.127. The molecule has 5 heteroatoms. The van der Waals surface area contributed by atoms with Gasteiger partial charge < -0.3 is 10.2 Å². The van der Waals surface area contributed by atoms with Gasteiger partial charge in [0, 0.05) is 43.9 Å². The van der Waals surface area contributed by atoms with Crippen LogP contribution >= 0.6 is 11.6 Å². The zero-order chi connectivity index (χ0) is 10.4. The number of fused-ring (bicyclic) bond motifs is 1. The van der Waals surface area contributed by atoms with Gasteiger partial charge in [0.15, 0.2) is 5.15 Å². The highest BCUT2D eigenvalue weighted by molar-refractivity contribution is 6.30. The van der Waals surface area contributed by atoms with Crippen molar-refractivity contribution in [2.24, 2.45) is 0 Å². The average Bonchev–Trinajstić information content (AvgIpc) is 2.52. The van der Waals surface area contributed by atoms with Crippen LogP contribution in [0.3, 0.4) is 0 Å². The molecule has 2 aliphatic rings. The standard InChI is InChI=1S/C10H15ClN4/c1-14-5-7(6-14)15-9-2-3-12-4-8(9)10(11)13-15/h7,12H,2-6H2,1H3. The lowest BCUT2D eigenvalue weighted by Gasteiger charge is -2.37. The molecule has 3 rings (SSSR count). The van der Waals surface area contributed by atoms with Crippen LogP contribution in [-0.2, 0) is 13.0 Å². The zero-order valence-corrected chi connectivity index (χ0v) is 9.59. The van der Waals surface area contributed by atoms with Crippen molar-refractivity contribution in [2.75, 3.05) is 26.7 Å². The molecule has 1 N–H and O–H groups in total. The predicted octanol–water partition coefficient (Wildman–Crippen LogP) is 0.669. The molecule has 1 fully saturated rings. The lowest BCUT2D eigenvalue weighted by Crippen LogP contribution is -2.46. The lowest BCUT2D eigenvalue weighted by atomic mass is 10.1. The molecule has 2 aliphatic heterocycles.